The van der Waals surface area contributed by atoms with Gasteiger partial charge in [0.15, 0.2) is 0 Å². The summed E-state index contributed by atoms with van der Waals surface area (Å²) >= 11 is 0. The Bertz CT molecular complexity index is 2220. The highest BCUT2D eigenvalue weighted by atomic mass is 16.4. The summed E-state index contributed by atoms with van der Waals surface area (Å²) in [6.07, 6.45) is 0. The summed E-state index contributed by atoms with van der Waals surface area (Å²) in [6.45, 7) is 6.37. The molecule has 0 saturated carbocycles. The van der Waals surface area contributed by atoms with E-state index in [0.29, 0.717) is 0 Å². The second-order valence-corrected chi connectivity index (χ2v) is 12.2. The molecule has 7 aromatic rings. The zero-order valence-electron chi connectivity index (χ0n) is 26.5. The summed E-state index contributed by atoms with van der Waals surface area (Å²) in [4.78, 5) is 34.8. The molecule has 0 aliphatic carbocycles. The van der Waals surface area contributed by atoms with Crippen molar-refractivity contribution in [3.05, 3.63) is 143 Å². The van der Waals surface area contributed by atoms with E-state index in [1.165, 1.54) is 0 Å². The number of aromatic carboxylic acids is 3. The quantitative estimate of drug-likeness (QED) is 0.169. The second kappa shape index (κ2) is 11.5. The SMILES string of the molecule is Cc1c(-c2ccc3cc(C(=O)O)ccc3c2)c(C)c(-c2ccc3cc(C(=O)O)ccc3c2)c(C)c1-c1ccc2cc(C(=O)O)ccc2c1. The van der Waals surface area contributed by atoms with E-state index in [2.05, 4.69) is 39.0 Å². The van der Waals surface area contributed by atoms with Crippen LogP contribution in [0.4, 0.5) is 0 Å². The van der Waals surface area contributed by atoms with Gasteiger partial charge in [-0.3, -0.25) is 0 Å². The van der Waals surface area contributed by atoms with Crippen molar-refractivity contribution in [2.75, 3.05) is 0 Å². The summed E-state index contributed by atoms with van der Waals surface area (Å²) in [5.74, 6) is -2.90. The van der Waals surface area contributed by atoms with E-state index in [1.54, 1.807) is 36.4 Å². The Kier molecular flexibility index (Phi) is 7.29. The van der Waals surface area contributed by atoms with E-state index in [-0.39, 0.29) is 16.7 Å². The first kappa shape index (κ1) is 30.4. The lowest BCUT2D eigenvalue weighted by atomic mass is 9.80. The Morgan fingerprint density at radius 1 is 0.354 bits per heavy atom. The van der Waals surface area contributed by atoms with Gasteiger partial charge in [0.05, 0.1) is 16.7 Å². The van der Waals surface area contributed by atoms with Gasteiger partial charge in [-0.05, 0) is 158 Å². The van der Waals surface area contributed by atoms with Crippen molar-refractivity contribution in [3.63, 3.8) is 0 Å². The minimum absolute atomic E-state index is 0.237. The number of hydrogen-bond acceptors (Lipinski definition) is 3. The third-order valence-corrected chi connectivity index (χ3v) is 9.38. The van der Waals surface area contributed by atoms with Gasteiger partial charge >= 0.3 is 17.9 Å². The van der Waals surface area contributed by atoms with Crippen LogP contribution >= 0.6 is 0 Å². The summed E-state index contributed by atoms with van der Waals surface area (Å²) in [6, 6.07) is 33.7. The van der Waals surface area contributed by atoms with E-state index in [1.807, 2.05) is 54.6 Å². The molecule has 234 valence electrons. The number of fused-ring (bicyclic) bond motifs is 3. The van der Waals surface area contributed by atoms with E-state index >= 15 is 0 Å². The molecule has 0 unspecified atom stereocenters. The fourth-order valence-electron chi connectivity index (χ4n) is 7.12. The number of carboxylic acid groups (broad SMARTS) is 3. The minimum atomic E-state index is -0.968. The first-order valence-corrected chi connectivity index (χ1v) is 15.5. The molecule has 0 atom stereocenters. The molecule has 0 amide bonds. The Morgan fingerprint density at radius 2 is 0.583 bits per heavy atom. The van der Waals surface area contributed by atoms with Crippen molar-refractivity contribution in [1.82, 2.24) is 0 Å². The topological polar surface area (TPSA) is 112 Å². The Labute approximate surface area is 276 Å². The van der Waals surface area contributed by atoms with Gasteiger partial charge in [-0.25, -0.2) is 14.4 Å². The van der Waals surface area contributed by atoms with Crippen LogP contribution in [0.5, 0.6) is 0 Å². The number of carboxylic acids is 3. The fraction of sp³-hybridized carbons (Fsp3) is 0.0714. The highest BCUT2D eigenvalue weighted by molar-refractivity contribution is 6.01. The van der Waals surface area contributed by atoms with Crippen molar-refractivity contribution in [2.24, 2.45) is 0 Å². The molecule has 7 aromatic carbocycles. The molecule has 3 N–H and O–H groups in total. The maximum absolute atomic E-state index is 11.6. The predicted molar refractivity (Wildman–Crippen MR) is 190 cm³/mol. The molecule has 6 heteroatoms. The maximum Gasteiger partial charge on any atom is 0.335 e. The van der Waals surface area contributed by atoms with Gasteiger partial charge in [-0.2, -0.15) is 0 Å². The Balaban J connectivity index is 1.49. The molecule has 0 spiro atoms. The van der Waals surface area contributed by atoms with Crippen molar-refractivity contribution in [2.45, 2.75) is 20.8 Å². The molecule has 0 aliphatic heterocycles. The largest absolute Gasteiger partial charge is 0.478 e. The lowest BCUT2D eigenvalue weighted by Gasteiger charge is -2.24. The Hall–Kier alpha value is -6.27. The van der Waals surface area contributed by atoms with Gasteiger partial charge in [0, 0.05) is 0 Å². The molecule has 7 rings (SSSR count). The monoisotopic (exact) mass is 630 g/mol. The summed E-state index contributed by atoms with van der Waals surface area (Å²) in [5.41, 5.74) is 10.2. The fourth-order valence-corrected chi connectivity index (χ4v) is 7.12. The maximum atomic E-state index is 11.6. The van der Waals surface area contributed by atoms with E-state index in [0.717, 1.165) is 82.4 Å². The average Bonchev–Trinajstić information content (AvgIpc) is 3.07. The van der Waals surface area contributed by atoms with E-state index in [4.69, 9.17) is 0 Å². The standard InChI is InChI=1S/C42H30O6/c1-22-37(31-10-4-28-19-34(40(43)44)13-7-25(28)16-31)23(2)39(33-12-6-30-21-36(42(47)48)15-9-27(30)18-33)24(3)38(22)32-11-5-29-20-35(41(45)46)14-8-26(29)17-32/h4-21H,1-3H3,(H,43,44)(H,45,46)(H,47,48). The number of rotatable bonds is 6. The van der Waals surface area contributed by atoms with Crippen molar-refractivity contribution in [3.8, 4) is 33.4 Å². The average molecular weight is 631 g/mol. The molecule has 0 saturated heterocycles. The highest BCUT2D eigenvalue weighted by Gasteiger charge is 2.22. The molecule has 0 radical (unpaired) electrons. The van der Waals surface area contributed by atoms with Crippen LogP contribution in [-0.2, 0) is 0 Å². The number of hydrogen-bond donors (Lipinski definition) is 3. The van der Waals surface area contributed by atoms with Gasteiger partial charge in [-0.15, -0.1) is 0 Å². The first-order valence-electron chi connectivity index (χ1n) is 15.5. The van der Waals surface area contributed by atoms with Gasteiger partial charge in [0.2, 0.25) is 0 Å². The van der Waals surface area contributed by atoms with Gasteiger partial charge in [0.25, 0.3) is 0 Å². The molecule has 48 heavy (non-hydrogen) atoms. The molecule has 0 heterocycles. The lowest BCUT2D eigenvalue weighted by molar-refractivity contribution is 0.0686. The van der Waals surface area contributed by atoms with Crippen LogP contribution in [0, 0.1) is 20.8 Å². The van der Waals surface area contributed by atoms with Crippen molar-refractivity contribution < 1.29 is 29.7 Å². The molecular weight excluding hydrogens is 600 g/mol. The molecule has 0 aromatic heterocycles. The zero-order chi connectivity index (χ0) is 33.9. The summed E-state index contributed by atoms with van der Waals surface area (Å²) in [7, 11) is 0. The molecular formula is C42H30O6. The lowest BCUT2D eigenvalue weighted by Crippen LogP contribution is -2.01. The molecule has 6 nitrogen and oxygen atoms in total. The summed E-state index contributed by atoms with van der Waals surface area (Å²) < 4.78 is 0. The van der Waals surface area contributed by atoms with Crippen molar-refractivity contribution in [1.29, 1.82) is 0 Å². The minimum Gasteiger partial charge on any atom is -0.478 e. The predicted octanol–water partition coefficient (Wildman–Crippen LogP) is 10.2. The van der Waals surface area contributed by atoms with E-state index < -0.39 is 17.9 Å². The number of carbonyl (C=O) groups is 3. The van der Waals surface area contributed by atoms with Crippen LogP contribution in [0.2, 0.25) is 0 Å². The third kappa shape index (κ3) is 5.13. The number of benzene rings is 7. The van der Waals surface area contributed by atoms with Gasteiger partial charge in [0.1, 0.15) is 0 Å². The highest BCUT2D eigenvalue weighted by Crippen LogP contribution is 2.45. The zero-order valence-corrected chi connectivity index (χ0v) is 26.5. The van der Waals surface area contributed by atoms with E-state index in [9.17, 15) is 29.7 Å². The summed E-state index contributed by atoms with van der Waals surface area (Å²) in [5, 5.41) is 33.8. The van der Waals surface area contributed by atoms with Gasteiger partial charge < -0.3 is 15.3 Å². The van der Waals surface area contributed by atoms with Crippen LogP contribution in [0.3, 0.4) is 0 Å². The van der Waals surface area contributed by atoms with Crippen LogP contribution in [0.15, 0.2) is 109 Å². The normalized spacial score (nSPS) is 11.3. The molecule has 0 fully saturated rings. The van der Waals surface area contributed by atoms with Crippen LogP contribution in [0.1, 0.15) is 47.8 Å². The smallest absolute Gasteiger partial charge is 0.335 e. The second-order valence-electron chi connectivity index (χ2n) is 12.2. The van der Waals surface area contributed by atoms with Crippen molar-refractivity contribution >= 4 is 50.2 Å². The first-order chi connectivity index (χ1) is 23.0. The van der Waals surface area contributed by atoms with Crippen LogP contribution in [0.25, 0.3) is 65.7 Å². The van der Waals surface area contributed by atoms with Gasteiger partial charge in [-0.1, -0.05) is 54.6 Å². The van der Waals surface area contributed by atoms with Crippen LogP contribution < -0.4 is 0 Å². The van der Waals surface area contributed by atoms with Crippen LogP contribution in [-0.4, -0.2) is 33.2 Å². The Morgan fingerprint density at radius 3 is 0.833 bits per heavy atom. The third-order valence-electron chi connectivity index (χ3n) is 9.38. The molecule has 0 aliphatic rings. The molecule has 0 bridgehead atoms.